The highest BCUT2D eigenvalue weighted by Crippen LogP contribution is 2.37. The largest absolute Gasteiger partial charge is 0.396 e. The van der Waals surface area contributed by atoms with Crippen LogP contribution in [0.2, 0.25) is 5.02 Å². The van der Waals surface area contributed by atoms with Crippen molar-refractivity contribution < 1.29 is 9.90 Å². The third-order valence-electron chi connectivity index (χ3n) is 4.54. The van der Waals surface area contributed by atoms with E-state index in [0.29, 0.717) is 29.4 Å². The zero-order valence-corrected chi connectivity index (χ0v) is 15.3. The Labute approximate surface area is 157 Å². The molecule has 2 aromatic rings. The van der Waals surface area contributed by atoms with Crippen molar-refractivity contribution in [3.8, 4) is 11.4 Å². The number of carbonyl (C=O) groups is 1. The number of hydrogen-bond acceptors (Lipinski definition) is 5. The summed E-state index contributed by atoms with van der Waals surface area (Å²) in [6, 6.07) is 5.32. The molecule has 0 bridgehead atoms. The van der Waals surface area contributed by atoms with E-state index in [1.165, 1.54) is 18.5 Å². The van der Waals surface area contributed by atoms with E-state index in [0.717, 1.165) is 11.1 Å². The van der Waals surface area contributed by atoms with Crippen LogP contribution in [-0.2, 0) is 4.79 Å². The van der Waals surface area contributed by atoms with Crippen molar-refractivity contribution in [3.05, 3.63) is 53.8 Å². The molecule has 1 aromatic carbocycles. The van der Waals surface area contributed by atoms with Gasteiger partial charge in [-0.1, -0.05) is 18.2 Å². The van der Waals surface area contributed by atoms with Crippen LogP contribution in [0.3, 0.4) is 0 Å². The molecule has 6 nitrogen and oxygen atoms in total. The highest BCUT2D eigenvalue weighted by atomic mass is 35.5. The molecule has 1 fully saturated rings. The average molecular weight is 373 g/mol. The van der Waals surface area contributed by atoms with Crippen molar-refractivity contribution in [2.45, 2.75) is 31.4 Å². The normalized spacial score (nSPS) is 22.9. The van der Waals surface area contributed by atoms with Crippen molar-refractivity contribution in [3.63, 3.8) is 0 Å². The molecule has 0 spiro atoms. The van der Waals surface area contributed by atoms with Crippen LogP contribution < -0.4 is 5.73 Å². The molecule has 2 atom stereocenters. The van der Waals surface area contributed by atoms with Crippen LogP contribution >= 0.6 is 11.6 Å². The smallest absolute Gasteiger partial charge is 0.246 e. The third-order valence-corrected chi connectivity index (χ3v) is 4.75. The highest BCUT2D eigenvalue weighted by molar-refractivity contribution is 6.31. The summed E-state index contributed by atoms with van der Waals surface area (Å²) < 4.78 is 0. The Bertz CT molecular complexity index is 836. The molecule has 2 heterocycles. The maximum Gasteiger partial charge on any atom is 0.246 e. The number of likely N-dealkylation sites (tertiary alicyclic amines) is 1. The van der Waals surface area contributed by atoms with Gasteiger partial charge in [0.25, 0.3) is 0 Å². The number of β-amino-alcohol motifs (C(OH)–C–C–N with tert-alkyl or cyclic N) is 1. The van der Waals surface area contributed by atoms with Crippen LogP contribution in [0.15, 0.2) is 43.2 Å². The van der Waals surface area contributed by atoms with Crippen molar-refractivity contribution in [2.75, 3.05) is 12.3 Å². The van der Waals surface area contributed by atoms with Gasteiger partial charge in [0.15, 0.2) is 5.82 Å². The first-order valence-electron chi connectivity index (χ1n) is 8.33. The number of halogens is 1. The average Bonchev–Trinajstić information content (AvgIpc) is 2.60. The summed E-state index contributed by atoms with van der Waals surface area (Å²) in [6.07, 6.45) is 5.54. The van der Waals surface area contributed by atoms with Crippen LogP contribution in [0.4, 0.5) is 5.69 Å². The predicted octanol–water partition coefficient (Wildman–Crippen LogP) is 2.98. The van der Waals surface area contributed by atoms with Crippen LogP contribution in [-0.4, -0.2) is 38.0 Å². The first-order chi connectivity index (χ1) is 12.3. The van der Waals surface area contributed by atoms with Crippen LogP contribution in [0.1, 0.15) is 31.4 Å². The topological polar surface area (TPSA) is 92.3 Å². The van der Waals surface area contributed by atoms with E-state index in [1.54, 1.807) is 17.9 Å². The molecule has 3 rings (SSSR count). The Morgan fingerprint density at radius 1 is 1.42 bits per heavy atom. The molecule has 0 saturated carbocycles. The molecule has 1 amide bonds. The Hall–Kier alpha value is -2.44. The van der Waals surface area contributed by atoms with Gasteiger partial charge >= 0.3 is 0 Å². The molecule has 3 N–H and O–H groups in total. The first kappa shape index (κ1) is 18.4. The summed E-state index contributed by atoms with van der Waals surface area (Å²) >= 11 is 6.31. The van der Waals surface area contributed by atoms with E-state index in [1.807, 2.05) is 12.1 Å². The van der Waals surface area contributed by atoms with E-state index in [9.17, 15) is 9.90 Å². The van der Waals surface area contributed by atoms with Gasteiger partial charge in [0, 0.05) is 10.6 Å². The number of amides is 1. The summed E-state index contributed by atoms with van der Waals surface area (Å²) in [7, 11) is 0. The zero-order chi connectivity index (χ0) is 18.9. The molecule has 7 heteroatoms. The number of piperidine rings is 1. The Balaban J connectivity index is 2.00. The maximum atomic E-state index is 12.3. The number of nitrogens with zero attached hydrogens (tertiary/aromatic N) is 3. The molecule has 1 aliphatic rings. The molecule has 1 aromatic heterocycles. The number of nitrogen functional groups attached to an aromatic ring is 1. The number of anilines is 1. The minimum atomic E-state index is -0.920. The Morgan fingerprint density at radius 3 is 2.77 bits per heavy atom. The van der Waals surface area contributed by atoms with Gasteiger partial charge < -0.3 is 15.7 Å². The molecule has 0 radical (unpaired) electrons. The third kappa shape index (κ3) is 3.86. The van der Waals surface area contributed by atoms with E-state index in [-0.39, 0.29) is 18.5 Å². The summed E-state index contributed by atoms with van der Waals surface area (Å²) in [6.45, 7) is 5.55. The number of nitrogens with two attached hydrogens (primary N) is 1. The molecule has 0 aliphatic carbocycles. The number of aliphatic hydroxyl groups is 1. The highest BCUT2D eigenvalue weighted by Gasteiger charge is 2.37. The zero-order valence-electron chi connectivity index (χ0n) is 14.5. The monoisotopic (exact) mass is 372 g/mol. The Morgan fingerprint density at radius 2 is 2.12 bits per heavy atom. The van der Waals surface area contributed by atoms with E-state index in [4.69, 9.17) is 17.3 Å². The predicted molar refractivity (Wildman–Crippen MR) is 101 cm³/mol. The standard InChI is InChI=1S/C19H21ClN4O2/c1-3-17(25)24-11-19(2,26)5-4-16(24)12-6-13(8-14(20)7-12)18-22-9-15(21)10-23-18/h3,6-10,16,26H,1,4-5,11,21H2,2H3/t16-,19+/m1/s1. The van der Waals surface area contributed by atoms with E-state index in [2.05, 4.69) is 16.5 Å². The van der Waals surface area contributed by atoms with Gasteiger partial charge in [-0.15, -0.1) is 0 Å². The van der Waals surface area contributed by atoms with Crippen molar-refractivity contribution >= 4 is 23.2 Å². The molecule has 1 saturated heterocycles. The fourth-order valence-electron chi connectivity index (χ4n) is 3.28. The number of hydrogen-bond donors (Lipinski definition) is 2. The second-order valence-corrected chi connectivity index (χ2v) is 7.27. The van der Waals surface area contributed by atoms with Crippen molar-refractivity contribution in [1.82, 2.24) is 14.9 Å². The molecule has 26 heavy (non-hydrogen) atoms. The SMILES string of the molecule is C=CC(=O)N1C[C@@](C)(O)CC[C@@H]1c1cc(Cl)cc(-c2ncc(N)cn2)c1. The second-order valence-electron chi connectivity index (χ2n) is 6.83. The minimum Gasteiger partial charge on any atom is -0.396 e. The van der Waals surface area contributed by atoms with Crippen LogP contribution in [0.25, 0.3) is 11.4 Å². The van der Waals surface area contributed by atoms with E-state index >= 15 is 0 Å². The Kier molecular flexibility index (Phi) is 4.98. The molecular formula is C19H21ClN4O2. The summed E-state index contributed by atoms with van der Waals surface area (Å²) in [5.41, 5.74) is 6.83. The molecule has 0 unspecified atom stereocenters. The van der Waals surface area contributed by atoms with E-state index < -0.39 is 5.60 Å². The lowest BCUT2D eigenvalue weighted by Gasteiger charge is -2.42. The van der Waals surface area contributed by atoms with Gasteiger partial charge in [0.2, 0.25) is 5.91 Å². The quantitative estimate of drug-likeness (QED) is 0.808. The van der Waals surface area contributed by atoms with Crippen molar-refractivity contribution in [2.24, 2.45) is 0 Å². The van der Waals surface area contributed by atoms with Gasteiger partial charge in [-0.05, 0) is 49.6 Å². The van der Waals surface area contributed by atoms with Crippen LogP contribution in [0, 0.1) is 0 Å². The maximum absolute atomic E-state index is 12.3. The molecule has 1 aliphatic heterocycles. The number of rotatable bonds is 3. The second kappa shape index (κ2) is 7.05. The van der Waals surface area contributed by atoms with Gasteiger partial charge in [-0.3, -0.25) is 4.79 Å². The van der Waals surface area contributed by atoms with Crippen molar-refractivity contribution in [1.29, 1.82) is 0 Å². The number of aromatic nitrogens is 2. The lowest BCUT2D eigenvalue weighted by molar-refractivity contribution is -0.136. The van der Waals surface area contributed by atoms with Gasteiger partial charge in [0.05, 0.1) is 36.3 Å². The first-order valence-corrected chi connectivity index (χ1v) is 8.71. The fourth-order valence-corrected chi connectivity index (χ4v) is 3.52. The summed E-state index contributed by atoms with van der Waals surface area (Å²) in [5, 5.41) is 10.9. The minimum absolute atomic E-state index is 0.202. The number of carbonyl (C=O) groups excluding carboxylic acids is 1. The van der Waals surface area contributed by atoms with Gasteiger partial charge in [0.1, 0.15) is 0 Å². The summed E-state index contributed by atoms with van der Waals surface area (Å²) in [4.78, 5) is 22.5. The molecular weight excluding hydrogens is 352 g/mol. The lowest BCUT2D eigenvalue weighted by Crippen LogP contribution is -2.49. The fraction of sp³-hybridized carbons (Fsp3) is 0.316. The lowest BCUT2D eigenvalue weighted by atomic mass is 9.86. The van der Waals surface area contributed by atoms with Gasteiger partial charge in [-0.2, -0.15) is 0 Å². The van der Waals surface area contributed by atoms with Gasteiger partial charge in [-0.25, -0.2) is 9.97 Å². The molecule has 136 valence electrons. The van der Waals surface area contributed by atoms with Crippen LogP contribution in [0.5, 0.6) is 0 Å². The number of benzene rings is 1. The summed E-state index contributed by atoms with van der Waals surface area (Å²) in [5.74, 6) is 0.285.